The smallest absolute Gasteiger partial charge is 0.0967 e. The lowest BCUT2D eigenvalue weighted by Crippen LogP contribution is -2.27. The molecule has 4 nitrogen and oxygen atoms in total. The molecule has 4 heteroatoms. The Morgan fingerprint density at radius 1 is 1.44 bits per heavy atom. The summed E-state index contributed by atoms with van der Waals surface area (Å²) in [5, 5.41) is 17.2. The second-order valence-electron chi connectivity index (χ2n) is 5.11. The van der Waals surface area contributed by atoms with Crippen molar-refractivity contribution in [2.24, 2.45) is 17.0 Å². The molecule has 2 aliphatic rings. The molecule has 0 unspecified atom stereocenters. The maximum Gasteiger partial charge on any atom is 0.0967 e. The van der Waals surface area contributed by atoms with Crippen molar-refractivity contribution in [2.45, 2.75) is 39.2 Å². The molecule has 3 atom stereocenters. The van der Waals surface area contributed by atoms with Gasteiger partial charge in [-0.15, -0.1) is 0 Å². The van der Waals surface area contributed by atoms with Gasteiger partial charge in [-0.05, 0) is 45.1 Å². The number of aromatic nitrogens is 2. The molecule has 0 saturated heterocycles. The topological polar surface area (TPSA) is 50.4 Å². The third-order valence-corrected chi connectivity index (χ3v) is 4.06. The second kappa shape index (κ2) is 3.34. The van der Waals surface area contributed by atoms with Gasteiger partial charge in [-0.25, -0.2) is 0 Å². The van der Waals surface area contributed by atoms with E-state index in [0.717, 1.165) is 17.1 Å². The molecule has 1 N–H and O–H groups in total. The van der Waals surface area contributed by atoms with Crippen molar-refractivity contribution >= 4 is 5.71 Å². The summed E-state index contributed by atoms with van der Waals surface area (Å²) >= 11 is 0. The summed E-state index contributed by atoms with van der Waals surface area (Å²) in [7, 11) is 0. The van der Waals surface area contributed by atoms with E-state index in [9.17, 15) is 0 Å². The van der Waals surface area contributed by atoms with Gasteiger partial charge in [-0.2, -0.15) is 5.10 Å². The summed E-state index contributed by atoms with van der Waals surface area (Å²) in [6.45, 7) is 4.08. The van der Waals surface area contributed by atoms with Crippen LogP contribution in [0.2, 0.25) is 0 Å². The van der Waals surface area contributed by atoms with Crippen molar-refractivity contribution < 1.29 is 5.21 Å². The van der Waals surface area contributed by atoms with Gasteiger partial charge in [0, 0.05) is 11.6 Å². The Hall–Kier alpha value is -1.32. The lowest BCUT2D eigenvalue weighted by Gasteiger charge is -2.24. The average molecular weight is 219 g/mol. The van der Waals surface area contributed by atoms with Crippen LogP contribution in [-0.4, -0.2) is 20.7 Å². The first-order chi connectivity index (χ1) is 7.70. The van der Waals surface area contributed by atoms with E-state index in [-0.39, 0.29) is 6.04 Å². The van der Waals surface area contributed by atoms with Crippen LogP contribution in [0.25, 0.3) is 0 Å². The van der Waals surface area contributed by atoms with Gasteiger partial charge in [0.15, 0.2) is 0 Å². The zero-order chi connectivity index (χ0) is 11.3. The van der Waals surface area contributed by atoms with Crippen LogP contribution in [0.4, 0.5) is 0 Å². The molecule has 0 amide bonds. The predicted molar refractivity (Wildman–Crippen MR) is 60.8 cm³/mol. The number of fused-ring (bicyclic) bond motifs is 2. The van der Waals surface area contributed by atoms with E-state index in [1.165, 1.54) is 19.3 Å². The van der Waals surface area contributed by atoms with Crippen LogP contribution >= 0.6 is 0 Å². The van der Waals surface area contributed by atoms with Crippen LogP contribution in [0.5, 0.6) is 0 Å². The van der Waals surface area contributed by atoms with Crippen molar-refractivity contribution in [2.75, 3.05) is 0 Å². The monoisotopic (exact) mass is 219 g/mol. The Labute approximate surface area is 95.0 Å². The van der Waals surface area contributed by atoms with Gasteiger partial charge in [0.2, 0.25) is 0 Å². The van der Waals surface area contributed by atoms with Crippen LogP contribution < -0.4 is 0 Å². The molecule has 2 bridgehead atoms. The van der Waals surface area contributed by atoms with E-state index in [4.69, 9.17) is 5.21 Å². The first-order valence-electron chi connectivity index (χ1n) is 5.95. The molecule has 1 aromatic rings. The molecule has 1 aromatic heterocycles. The standard InChI is InChI=1S/C12H17N3O/c1-7-5-8(2)15(13-7)12-10-4-3-9(6-10)11(12)14-16/h5,9-10,12,16H,3-4,6H2,1-2H3/b14-11-/t9-,10+,12-/m0/s1. The highest BCUT2D eigenvalue weighted by Crippen LogP contribution is 2.48. The molecule has 0 spiro atoms. The van der Waals surface area contributed by atoms with E-state index in [0.29, 0.717) is 11.8 Å². The predicted octanol–water partition coefficient (Wildman–Crippen LogP) is 2.30. The van der Waals surface area contributed by atoms with Crippen molar-refractivity contribution in [3.8, 4) is 0 Å². The fourth-order valence-electron chi connectivity index (χ4n) is 3.45. The van der Waals surface area contributed by atoms with E-state index >= 15 is 0 Å². The molecule has 3 rings (SSSR count). The molecular formula is C12H17N3O. The number of nitrogens with zero attached hydrogens (tertiary/aromatic N) is 3. The molecular weight excluding hydrogens is 202 g/mol. The molecule has 2 fully saturated rings. The van der Waals surface area contributed by atoms with Crippen molar-refractivity contribution in [3.63, 3.8) is 0 Å². The number of hydrogen-bond acceptors (Lipinski definition) is 3. The zero-order valence-electron chi connectivity index (χ0n) is 9.72. The highest BCUT2D eigenvalue weighted by Gasteiger charge is 2.47. The first-order valence-corrected chi connectivity index (χ1v) is 5.95. The van der Waals surface area contributed by atoms with Crippen molar-refractivity contribution in [1.29, 1.82) is 0 Å². The van der Waals surface area contributed by atoms with Gasteiger partial charge in [0.25, 0.3) is 0 Å². The fourth-order valence-corrected chi connectivity index (χ4v) is 3.45. The summed E-state index contributed by atoms with van der Waals surface area (Å²) in [5.41, 5.74) is 3.15. The normalized spacial score (nSPS) is 35.1. The first kappa shape index (κ1) is 9.87. The molecule has 0 aliphatic heterocycles. The largest absolute Gasteiger partial charge is 0.411 e. The highest BCUT2D eigenvalue weighted by atomic mass is 16.4. The Bertz CT molecular complexity index is 449. The summed E-state index contributed by atoms with van der Waals surface area (Å²) in [4.78, 5) is 0. The third kappa shape index (κ3) is 1.22. The van der Waals surface area contributed by atoms with Crippen LogP contribution in [0.15, 0.2) is 11.2 Å². The molecule has 16 heavy (non-hydrogen) atoms. The summed E-state index contributed by atoms with van der Waals surface area (Å²) in [6.07, 6.45) is 3.59. The van der Waals surface area contributed by atoms with Gasteiger partial charge in [0.1, 0.15) is 0 Å². The molecule has 0 aromatic carbocycles. The maximum absolute atomic E-state index is 9.16. The van der Waals surface area contributed by atoms with E-state index in [1.54, 1.807) is 0 Å². The number of oxime groups is 1. The van der Waals surface area contributed by atoms with Gasteiger partial charge in [0.05, 0.1) is 17.4 Å². The Morgan fingerprint density at radius 2 is 2.25 bits per heavy atom. The lowest BCUT2D eigenvalue weighted by molar-refractivity contribution is 0.304. The van der Waals surface area contributed by atoms with Crippen LogP contribution in [0.1, 0.15) is 36.7 Å². The Balaban J connectivity index is 2.03. The number of aryl methyl sites for hydroxylation is 2. The Morgan fingerprint density at radius 3 is 2.88 bits per heavy atom. The van der Waals surface area contributed by atoms with Gasteiger partial charge >= 0.3 is 0 Å². The Kier molecular flexibility index (Phi) is 2.06. The summed E-state index contributed by atoms with van der Waals surface area (Å²) in [5.74, 6) is 1.11. The highest BCUT2D eigenvalue weighted by molar-refractivity contribution is 5.93. The molecule has 1 heterocycles. The quantitative estimate of drug-likeness (QED) is 0.582. The molecule has 2 aliphatic carbocycles. The average Bonchev–Trinajstić information content (AvgIpc) is 2.91. The van der Waals surface area contributed by atoms with Crippen LogP contribution in [0, 0.1) is 25.7 Å². The van der Waals surface area contributed by atoms with E-state index < -0.39 is 0 Å². The maximum atomic E-state index is 9.16. The van der Waals surface area contributed by atoms with Gasteiger partial charge < -0.3 is 5.21 Å². The molecule has 86 valence electrons. The van der Waals surface area contributed by atoms with Gasteiger partial charge in [-0.1, -0.05) is 5.16 Å². The van der Waals surface area contributed by atoms with Crippen LogP contribution in [-0.2, 0) is 0 Å². The number of hydrogen-bond donors (Lipinski definition) is 1. The van der Waals surface area contributed by atoms with Crippen molar-refractivity contribution in [3.05, 3.63) is 17.5 Å². The fraction of sp³-hybridized carbons (Fsp3) is 0.667. The van der Waals surface area contributed by atoms with E-state index in [1.807, 2.05) is 11.6 Å². The second-order valence-corrected chi connectivity index (χ2v) is 5.11. The summed E-state index contributed by atoms with van der Waals surface area (Å²) < 4.78 is 2.05. The van der Waals surface area contributed by atoms with Gasteiger partial charge in [-0.3, -0.25) is 4.68 Å². The van der Waals surface area contributed by atoms with E-state index in [2.05, 4.69) is 23.2 Å². The lowest BCUT2D eigenvalue weighted by atomic mass is 9.93. The number of rotatable bonds is 1. The zero-order valence-corrected chi connectivity index (χ0v) is 9.72. The SMILES string of the molecule is Cc1cc(C)n([C@@H]2/C(=N\O)[C@H]3CC[C@@H]2C3)n1. The third-order valence-electron chi connectivity index (χ3n) is 4.06. The minimum Gasteiger partial charge on any atom is -0.411 e. The molecule has 0 radical (unpaired) electrons. The van der Waals surface area contributed by atoms with Crippen molar-refractivity contribution in [1.82, 2.24) is 9.78 Å². The minimum absolute atomic E-state index is 0.206. The molecule has 2 saturated carbocycles. The summed E-state index contributed by atoms with van der Waals surface area (Å²) in [6, 6.07) is 2.29. The van der Waals surface area contributed by atoms with Crippen LogP contribution in [0.3, 0.4) is 0 Å². The minimum atomic E-state index is 0.206.